The van der Waals surface area contributed by atoms with E-state index in [0.717, 1.165) is 6.33 Å². The Kier molecular flexibility index (Phi) is 5.17. The van der Waals surface area contributed by atoms with E-state index in [1.807, 2.05) is 0 Å². The van der Waals surface area contributed by atoms with Crippen LogP contribution in [0.1, 0.15) is 6.92 Å². The minimum Gasteiger partial charge on any atom is -0.432 e. The lowest BCUT2D eigenvalue weighted by Crippen LogP contribution is -2.06. The zero-order valence-electron chi connectivity index (χ0n) is 14.1. The van der Waals surface area contributed by atoms with Crippen molar-refractivity contribution in [2.75, 3.05) is 10.6 Å². The molecule has 1 aromatic carbocycles. The fourth-order valence-corrected chi connectivity index (χ4v) is 2.19. The van der Waals surface area contributed by atoms with Gasteiger partial charge in [-0.05, 0) is 36.4 Å². The number of nitrogens with zero attached hydrogens (tertiary/aromatic N) is 4. The monoisotopic (exact) mass is 366 g/mol. The fraction of sp³-hybridized carbons (Fsp3) is 0.0588. The Hall–Kier alpha value is -4.08. The molecule has 10 nitrogen and oxygen atoms in total. The van der Waals surface area contributed by atoms with Crippen molar-refractivity contribution >= 4 is 28.8 Å². The first kappa shape index (κ1) is 17.7. The number of nitrogens with one attached hydrogen (secondary N) is 2. The number of nitro groups is 1. The highest BCUT2D eigenvalue weighted by molar-refractivity contribution is 5.88. The Morgan fingerprint density at radius 1 is 1.15 bits per heavy atom. The van der Waals surface area contributed by atoms with E-state index >= 15 is 0 Å². The number of carbonyl (C=O) groups is 1. The summed E-state index contributed by atoms with van der Waals surface area (Å²) in [6.45, 7) is 1.40. The Morgan fingerprint density at radius 3 is 2.52 bits per heavy atom. The smallest absolute Gasteiger partial charge is 0.373 e. The van der Waals surface area contributed by atoms with Crippen molar-refractivity contribution in [1.82, 2.24) is 15.0 Å². The Bertz CT molecular complexity index is 963. The molecular weight excluding hydrogens is 352 g/mol. The zero-order valence-corrected chi connectivity index (χ0v) is 14.1. The van der Waals surface area contributed by atoms with Crippen molar-refractivity contribution in [1.29, 1.82) is 0 Å². The lowest BCUT2D eigenvalue weighted by Gasteiger charge is -2.10. The van der Waals surface area contributed by atoms with Gasteiger partial charge in [0.05, 0.1) is 11.1 Å². The predicted octanol–water partition coefficient (Wildman–Crippen LogP) is 3.27. The first-order valence-corrected chi connectivity index (χ1v) is 7.75. The van der Waals surface area contributed by atoms with Crippen molar-refractivity contribution in [2.45, 2.75) is 6.92 Å². The van der Waals surface area contributed by atoms with Crippen LogP contribution in [0.3, 0.4) is 0 Å². The molecule has 1 amide bonds. The minimum atomic E-state index is -0.625. The van der Waals surface area contributed by atoms with E-state index in [0.29, 0.717) is 17.1 Å². The van der Waals surface area contributed by atoms with Crippen molar-refractivity contribution in [3.63, 3.8) is 0 Å². The number of anilines is 3. The van der Waals surface area contributed by atoms with Crippen LogP contribution in [0.15, 0.2) is 55.1 Å². The van der Waals surface area contributed by atoms with Gasteiger partial charge in [-0.15, -0.1) is 0 Å². The molecule has 0 unspecified atom stereocenters. The highest BCUT2D eigenvalue weighted by atomic mass is 16.6. The van der Waals surface area contributed by atoms with E-state index < -0.39 is 10.6 Å². The number of rotatable bonds is 6. The molecule has 0 atom stereocenters. The number of aromatic nitrogens is 3. The van der Waals surface area contributed by atoms with Crippen LogP contribution in [0.5, 0.6) is 11.6 Å². The highest BCUT2D eigenvalue weighted by Crippen LogP contribution is 2.35. The lowest BCUT2D eigenvalue weighted by atomic mass is 10.2. The molecule has 0 saturated carbocycles. The highest BCUT2D eigenvalue weighted by Gasteiger charge is 2.25. The number of ether oxygens (including phenoxy) is 1. The first-order valence-electron chi connectivity index (χ1n) is 7.75. The van der Waals surface area contributed by atoms with Crippen molar-refractivity contribution < 1.29 is 14.5 Å². The van der Waals surface area contributed by atoms with E-state index in [1.165, 1.54) is 13.1 Å². The molecule has 10 heteroatoms. The summed E-state index contributed by atoms with van der Waals surface area (Å²) < 4.78 is 5.47. The maximum atomic E-state index is 11.5. The third-order valence-electron chi connectivity index (χ3n) is 3.29. The first-order chi connectivity index (χ1) is 13.0. The van der Waals surface area contributed by atoms with Gasteiger partial charge in [-0.25, -0.2) is 4.98 Å². The van der Waals surface area contributed by atoms with Gasteiger partial charge in [-0.2, -0.15) is 4.98 Å². The maximum absolute atomic E-state index is 11.5. The molecule has 0 aliphatic heterocycles. The van der Waals surface area contributed by atoms with Gasteiger partial charge in [0, 0.05) is 24.5 Å². The fourth-order valence-electron chi connectivity index (χ4n) is 2.19. The van der Waals surface area contributed by atoms with Crippen LogP contribution >= 0.6 is 0 Å². The van der Waals surface area contributed by atoms with Gasteiger partial charge in [0.15, 0.2) is 0 Å². The standard InChI is InChI=1S/C17H14N6O4/c1-11(24)21-12-4-6-13(7-5-12)22-16-15(23(25)26)17(20-10-19-16)27-14-3-2-8-18-9-14/h2-10H,1H3,(H,21,24)(H,19,20,22). The van der Waals surface area contributed by atoms with Crippen molar-refractivity contribution in [3.8, 4) is 11.6 Å². The van der Waals surface area contributed by atoms with Gasteiger partial charge < -0.3 is 15.4 Å². The molecule has 0 aliphatic rings. The maximum Gasteiger partial charge on any atom is 0.373 e. The average Bonchev–Trinajstić information content (AvgIpc) is 2.64. The molecule has 0 saturated heterocycles. The lowest BCUT2D eigenvalue weighted by molar-refractivity contribution is -0.385. The van der Waals surface area contributed by atoms with E-state index in [4.69, 9.17) is 4.74 Å². The summed E-state index contributed by atoms with van der Waals surface area (Å²) in [5.74, 6) is -0.120. The number of hydrogen-bond acceptors (Lipinski definition) is 8. The SMILES string of the molecule is CC(=O)Nc1ccc(Nc2ncnc(Oc3cccnc3)c2[N+](=O)[O-])cc1. The summed E-state index contributed by atoms with van der Waals surface area (Å²) in [6, 6.07) is 9.86. The molecule has 3 rings (SSSR count). The van der Waals surface area contributed by atoms with Gasteiger partial charge in [0.25, 0.3) is 0 Å². The van der Waals surface area contributed by atoms with Gasteiger partial charge in [0.1, 0.15) is 12.1 Å². The summed E-state index contributed by atoms with van der Waals surface area (Å²) >= 11 is 0. The van der Waals surface area contributed by atoms with Crippen LogP contribution in [0, 0.1) is 10.1 Å². The van der Waals surface area contributed by atoms with Crippen LogP contribution in [0.4, 0.5) is 22.9 Å². The van der Waals surface area contributed by atoms with Gasteiger partial charge in [-0.1, -0.05) is 0 Å². The number of carbonyl (C=O) groups excluding carboxylic acids is 1. The minimum absolute atomic E-state index is 0.0267. The van der Waals surface area contributed by atoms with Gasteiger partial charge in [0.2, 0.25) is 11.7 Å². The quantitative estimate of drug-likeness (QED) is 0.502. The molecule has 2 aromatic heterocycles. The van der Waals surface area contributed by atoms with Crippen LogP contribution in [-0.4, -0.2) is 25.8 Å². The van der Waals surface area contributed by atoms with E-state index in [2.05, 4.69) is 25.6 Å². The summed E-state index contributed by atoms with van der Waals surface area (Å²) in [7, 11) is 0. The van der Waals surface area contributed by atoms with E-state index in [1.54, 1.807) is 42.6 Å². The number of pyridine rings is 1. The molecule has 2 heterocycles. The van der Waals surface area contributed by atoms with Crippen LogP contribution < -0.4 is 15.4 Å². The number of benzene rings is 1. The topological polar surface area (TPSA) is 132 Å². The second-order valence-electron chi connectivity index (χ2n) is 5.31. The normalized spacial score (nSPS) is 10.1. The molecular formula is C17H14N6O4. The van der Waals surface area contributed by atoms with E-state index in [-0.39, 0.29) is 17.6 Å². The Morgan fingerprint density at radius 2 is 1.89 bits per heavy atom. The predicted molar refractivity (Wildman–Crippen MR) is 97.0 cm³/mol. The Labute approximate surface area is 153 Å². The second kappa shape index (κ2) is 7.87. The van der Waals surface area contributed by atoms with Crippen LogP contribution in [0.2, 0.25) is 0 Å². The third-order valence-corrected chi connectivity index (χ3v) is 3.29. The molecule has 0 spiro atoms. The number of amides is 1. The largest absolute Gasteiger partial charge is 0.432 e. The second-order valence-corrected chi connectivity index (χ2v) is 5.31. The summed E-state index contributed by atoms with van der Waals surface area (Å²) in [6.07, 6.45) is 4.13. The van der Waals surface area contributed by atoms with Crippen molar-refractivity contribution in [2.24, 2.45) is 0 Å². The van der Waals surface area contributed by atoms with Crippen molar-refractivity contribution in [3.05, 3.63) is 65.2 Å². The van der Waals surface area contributed by atoms with Gasteiger partial charge in [-0.3, -0.25) is 19.9 Å². The van der Waals surface area contributed by atoms with Crippen LogP contribution in [0.25, 0.3) is 0 Å². The van der Waals surface area contributed by atoms with E-state index in [9.17, 15) is 14.9 Å². The summed E-state index contributed by atoms with van der Waals surface area (Å²) in [5.41, 5.74) is 0.733. The third kappa shape index (κ3) is 4.51. The summed E-state index contributed by atoms with van der Waals surface area (Å²) in [4.78, 5) is 33.7. The molecule has 0 aliphatic carbocycles. The molecule has 27 heavy (non-hydrogen) atoms. The molecule has 3 aromatic rings. The Balaban J connectivity index is 1.88. The zero-order chi connectivity index (χ0) is 19.2. The molecule has 0 bridgehead atoms. The van der Waals surface area contributed by atoms with Crippen LogP contribution in [-0.2, 0) is 4.79 Å². The number of hydrogen-bond donors (Lipinski definition) is 2. The molecule has 0 fully saturated rings. The molecule has 2 N–H and O–H groups in total. The molecule has 136 valence electrons. The summed E-state index contributed by atoms with van der Waals surface area (Å²) in [5, 5.41) is 17.0. The van der Waals surface area contributed by atoms with Gasteiger partial charge >= 0.3 is 11.6 Å². The average molecular weight is 366 g/mol. The molecule has 0 radical (unpaired) electrons.